The number of nitrogens with zero attached hydrogens (tertiary/aromatic N) is 3. The van der Waals surface area contributed by atoms with Gasteiger partial charge in [-0.1, -0.05) is 23.2 Å². The fourth-order valence-corrected chi connectivity index (χ4v) is 2.63. The Bertz CT molecular complexity index is 995. The summed E-state index contributed by atoms with van der Waals surface area (Å²) in [5, 5.41) is 3.71. The molecule has 0 aliphatic rings. The molecular formula is C15H9Cl2F2N3O. The van der Waals surface area contributed by atoms with Gasteiger partial charge in [-0.15, -0.1) is 0 Å². The van der Waals surface area contributed by atoms with Gasteiger partial charge in [-0.3, -0.25) is 4.79 Å². The second-order valence-electron chi connectivity index (χ2n) is 4.99. The van der Waals surface area contributed by atoms with Crippen molar-refractivity contribution in [3.05, 3.63) is 61.6 Å². The summed E-state index contributed by atoms with van der Waals surface area (Å²) in [7, 11) is 0. The fraction of sp³-hybridized carbons (Fsp3) is 0.133. The Morgan fingerprint density at radius 2 is 1.70 bits per heavy atom. The third-order valence-electron chi connectivity index (χ3n) is 3.51. The molecule has 2 aromatic heterocycles. The lowest BCUT2D eigenvalue weighted by Gasteiger charge is -2.11. The molecule has 0 fully saturated rings. The fourth-order valence-electron chi connectivity index (χ4n) is 2.26. The topological polar surface area (TPSA) is 47.3 Å². The van der Waals surface area contributed by atoms with Crippen molar-refractivity contribution < 1.29 is 8.78 Å². The van der Waals surface area contributed by atoms with Crippen LogP contribution in [0.1, 0.15) is 11.3 Å². The van der Waals surface area contributed by atoms with E-state index < -0.39 is 17.2 Å². The molecule has 0 atom stereocenters. The van der Waals surface area contributed by atoms with Gasteiger partial charge in [0, 0.05) is 21.8 Å². The zero-order valence-electron chi connectivity index (χ0n) is 12.0. The molecule has 0 aliphatic carbocycles. The lowest BCUT2D eigenvalue weighted by atomic mass is 10.1. The minimum absolute atomic E-state index is 0.0163. The highest BCUT2D eigenvalue weighted by Gasteiger charge is 2.19. The van der Waals surface area contributed by atoms with Gasteiger partial charge in [0.05, 0.1) is 5.56 Å². The van der Waals surface area contributed by atoms with Gasteiger partial charge in [-0.25, -0.2) is 13.8 Å². The number of aromatic nitrogens is 3. The van der Waals surface area contributed by atoms with Crippen LogP contribution in [0.15, 0.2) is 23.0 Å². The van der Waals surface area contributed by atoms with Crippen LogP contribution in [0.25, 0.3) is 16.8 Å². The molecule has 0 N–H and O–H groups in total. The molecule has 0 amide bonds. The van der Waals surface area contributed by atoms with Gasteiger partial charge in [0.2, 0.25) is 0 Å². The van der Waals surface area contributed by atoms with Crippen molar-refractivity contribution in [1.82, 2.24) is 14.6 Å². The Balaban J connectivity index is 2.51. The molecule has 8 heteroatoms. The van der Waals surface area contributed by atoms with E-state index >= 15 is 0 Å². The first-order valence-corrected chi connectivity index (χ1v) is 7.27. The minimum atomic E-state index is -0.883. The average Bonchev–Trinajstić information content (AvgIpc) is 2.45. The maximum atomic E-state index is 14.2. The van der Waals surface area contributed by atoms with Crippen LogP contribution in [0, 0.1) is 25.5 Å². The van der Waals surface area contributed by atoms with Gasteiger partial charge in [0.25, 0.3) is 5.56 Å². The molecule has 0 saturated heterocycles. The Labute approximate surface area is 139 Å². The third-order valence-corrected chi connectivity index (χ3v) is 3.91. The van der Waals surface area contributed by atoms with E-state index in [9.17, 15) is 13.6 Å². The van der Waals surface area contributed by atoms with Gasteiger partial charge in [0.15, 0.2) is 10.8 Å². The second-order valence-corrected chi connectivity index (χ2v) is 5.81. The van der Waals surface area contributed by atoms with Crippen LogP contribution in [-0.4, -0.2) is 14.6 Å². The summed E-state index contributed by atoms with van der Waals surface area (Å²) in [4.78, 5) is 16.5. The Kier molecular flexibility index (Phi) is 3.82. The molecule has 3 rings (SSSR count). The summed E-state index contributed by atoms with van der Waals surface area (Å²) in [6, 6.07) is 3.21. The predicted octanol–water partition coefficient (Wildman–Crippen LogP) is 3.96. The average molecular weight is 356 g/mol. The highest BCUT2D eigenvalue weighted by atomic mass is 35.5. The second kappa shape index (κ2) is 5.54. The summed E-state index contributed by atoms with van der Waals surface area (Å²) in [6.45, 7) is 3.21. The van der Waals surface area contributed by atoms with Gasteiger partial charge in [-0.2, -0.15) is 9.61 Å². The Hall–Kier alpha value is -2.05. The van der Waals surface area contributed by atoms with E-state index in [0.717, 1.165) is 16.6 Å². The number of benzene rings is 1. The van der Waals surface area contributed by atoms with Crippen LogP contribution in [0.4, 0.5) is 8.78 Å². The van der Waals surface area contributed by atoms with Crippen molar-refractivity contribution in [3.8, 4) is 11.1 Å². The molecule has 118 valence electrons. The summed E-state index contributed by atoms with van der Waals surface area (Å²) in [5.74, 6) is -1.77. The van der Waals surface area contributed by atoms with Crippen molar-refractivity contribution in [2.75, 3.05) is 0 Å². The SMILES string of the molecule is Cc1nc2c(-c3c(F)cc(Cl)cc3F)cc(Cl)nn2c(=O)c1C. The van der Waals surface area contributed by atoms with Crippen molar-refractivity contribution in [2.45, 2.75) is 13.8 Å². The van der Waals surface area contributed by atoms with Crippen LogP contribution < -0.4 is 5.56 Å². The Morgan fingerprint density at radius 1 is 1.09 bits per heavy atom. The lowest BCUT2D eigenvalue weighted by Crippen LogP contribution is -2.22. The summed E-state index contributed by atoms with van der Waals surface area (Å²) in [5.41, 5.74) is 0.0345. The molecule has 23 heavy (non-hydrogen) atoms. The quantitative estimate of drug-likeness (QED) is 0.663. The van der Waals surface area contributed by atoms with Gasteiger partial charge in [-0.05, 0) is 32.0 Å². The first kappa shape index (κ1) is 15.8. The van der Waals surface area contributed by atoms with Crippen molar-refractivity contribution in [1.29, 1.82) is 0 Å². The first-order valence-electron chi connectivity index (χ1n) is 6.51. The zero-order valence-corrected chi connectivity index (χ0v) is 13.5. The van der Waals surface area contributed by atoms with E-state index in [2.05, 4.69) is 10.1 Å². The molecule has 2 heterocycles. The lowest BCUT2D eigenvalue weighted by molar-refractivity contribution is 0.589. The van der Waals surface area contributed by atoms with E-state index in [4.69, 9.17) is 23.2 Å². The number of fused-ring (bicyclic) bond motifs is 1. The molecule has 3 aromatic rings. The minimum Gasteiger partial charge on any atom is -0.267 e. The molecule has 1 aromatic carbocycles. The number of rotatable bonds is 1. The normalized spacial score (nSPS) is 11.2. The molecule has 0 radical (unpaired) electrons. The van der Waals surface area contributed by atoms with Crippen molar-refractivity contribution >= 4 is 28.8 Å². The van der Waals surface area contributed by atoms with Crippen LogP contribution in [0.3, 0.4) is 0 Å². The van der Waals surface area contributed by atoms with E-state index in [1.807, 2.05) is 0 Å². The van der Waals surface area contributed by atoms with Gasteiger partial charge < -0.3 is 0 Å². The molecule has 4 nitrogen and oxygen atoms in total. The molecule has 0 unspecified atom stereocenters. The van der Waals surface area contributed by atoms with Crippen LogP contribution >= 0.6 is 23.2 Å². The van der Waals surface area contributed by atoms with E-state index in [1.54, 1.807) is 13.8 Å². The van der Waals surface area contributed by atoms with E-state index in [0.29, 0.717) is 11.3 Å². The molecule has 0 aliphatic heterocycles. The highest BCUT2D eigenvalue weighted by molar-refractivity contribution is 6.30. The number of hydrogen-bond acceptors (Lipinski definition) is 3. The molecule has 0 spiro atoms. The highest BCUT2D eigenvalue weighted by Crippen LogP contribution is 2.32. The maximum absolute atomic E-state index is 14.2. The largest absolute Gasteiger partial charge is 0.277 e. The monoisotopic (exact) mass is 355 g/mol. The van der Waals surface area contributed by atoms with Crippen LogP contribution in [0.5, 0.6) is 0 Å². The van der Waals surface area contributed by atoms with E-state index in [1.165, 1.54) is 6.07 Å². The Morgan fingerprint density at radius 3 is 2.30 bits per heavy atom. The zero-order chi connectivity index (χ0) is 16.9. The van der Waals surface area contributed by atoms with E-state index in [-0.39, 0.29) is 26.9 Å². The summed E-state index contributed by atoms with van der Waals surface area (Å²) in [6.07, 6.45) is 0. The van der Waals surface area contributed by atoms with Crippen LogP contribution in [-0.2, 0) is 0 Å². The smallest absolute Gasteiger partial charge is 0.267 e. The van der Waals surface area contributed by atoms with Gasteiger partial charge >= 0.3 is 0 Å². The number of aryl methyl sites for hydroxylation is 1. The summed E-state index contributed by atoms with van der Waals surface area (Å²) >= 11 is 11.5. The first-order chi connectivity index (χ1) is 10.8. The molecule has 0 saturated carbocycles. The molecule has 0 bridgehead atoms. The standard InChI is InChI=1S/C15H9Cl2F2N3O/c1-6-7(2)20-14-9(5-12(17)21-22(14)15(6)23)13-10(18)3-8(16)4-11(13)19/h3-5H,1-2H3. The summed E-state index contributed by atoms with van der Waals surface area (Å²) < 4.78 is 29.4. The number of halogens is 4. The number of hydrogen-bond donors (Lipinski definition) is 0. The third kappa shape index (κ3) is 2.58. The van der Waals surface area contributed by atoms with Crippen molar-refractivity contribution in [2.24, 2.45) is 0 Å². The maximum Gasteiger partial charge on any atom is 0.277 e. The van der Waals surface area contributed by atoms with Crippen LogP contribution in [0.2, 0.25) is 10.2 Å². The van der Waals surface area contributed by atoms with Gasteiger partial charge in [0.1, 0.15) is 11.6 Å². The van der Waals surface area contributed by atoms with Crippen molar-refractivity contribution in [3.63, 3.8) is 0 Å². The molecular weight excluding hydrogens is 347 g/mol. The predicted molar refractivity (Wildman–Crippen MR) is 84.1 cm³/mol.